The summed E-state index contributed by atoms with van der Waals surface area (Å²) < 4.78 is 38.5. The molecule has 0 bridgehead atoms. The molecule has 0 saturated heterocycles. The van der Waals surface area contributed by atoms with Crippen molar-refractivity contribution in [3.05, 3.63) is 83.2 Å². The van der Waals surface area contributed by atoms with Gasteiger partial charge < -0.3 is 10.4 Å². The Labute approximate surface area is 213 Å². The number of alkyl halides is 3. The average molecular weight is 511 g/mol. The largest absolute Gasteiger partial charge is 0.481 e. The SMILES string of the molecule is Cc1c(CCC(=O)O)cccc1NC(=O)[C@@H](c1ccc(-c2ccc(C(F)(F)F)nc2)cc1)C1CCCC1. The maximum Gasteiger partial charge on any atom is 0.433 e. The number of hydrogen-bond acceptors (Lipinski definition) is 3. The van der Waals surface area contributed by atoms with Gasteiger partial charge in [-0.3, -0.25) is 14.6 Å². The highest BCUT2D eigenvalue weighted by molar-refractivity contribution is 5.97. The summed E-state index contributed by atoms with van der Waals surface area (Å²) in [6.45, 7) is 1.88. The number of carboxylic acid groups (broad SMARTS) is 1. The van der Waals surface area contributed by atoms with Gasteiger partial charge in [0, 0.05) is 23.9 Å². The molecule has 1 aliphatic rings. The number of amides is 1. The third-order valence-electron chi connectivity index (χ3n) is 7.12. The van der Waals surface area contributed by atoms with Gasteiger partial charge >= 0.3 is 12.1 Å². The van der Waals surface area contributed by atoms with E-state index in [4.69, 9.17) is 5.11 Å². The van der Waals surface area contributed by atoms with Gasteiger partial charge in [0.2, 0.25) is 5.91 Å². The third kappa shape index (κ3) is 6.37. The first kappa shape index (κ1) is 26.4. The lowest BCUT2D eigenvalue weighted by atomic mass is 9.83. The van der Waals surface area contributed by atoms with Crippen LogP contribution in [0.3, 0.4) is 0 Å². The number of carboxylic acids is 1. The number of rotatable bonds is 8. The first-order valence-electron chi connectivity index (χ1n) is 12.4. The monoisotopic (exact) mass is 510 g/mol. The van der Waals surface area contributed by atoms with E-state index in [1.54, 1.807) is 0 Å². The van der Waals surface area contributed by atoms with Crippen LogP contribution in [0.2, 0.25) is 0 Å². The second-order valence-electron chi connectivity index (χ2n) is 9.55. The second kappa shape index (κ2) is 11.2. The number of benzene rings is 2. The number of hydrogen-bond donors (Lipinski definition) is 2. The van der Waals surface area contributed by atoms with E-state index in [9.17, 15) is 22.8 Å². The summed E-state index contributed by atoms with van der Waals surface area (Å²) >= 11 is 0. The fourth-order valence-corrected chi connectivity index (χ4v) is 5.09. The van der Waals surface area contributed by atoms with E-state index in [0.717, 1.165) is 54.0 Å². The van der Waals surface area contributed by atoms with Crippen LogP contribution in [-0.2, 0) is 22.2 Å². The van der Waals surface area contributed by atoms with Gasteiger partial charge in [0.25, 0.3) is 0 Å². The van der Waals surface area contributed by atoms with Crippen molar-refractivity contribution in [1.29, 1.82) is 0 Å². The Bertz CT molecular complexity index is 1250. The summed E-state index contributed by atoms with van der Waals surface area (Å²) in [6.07, 6.45) is 1.14. The Kier molecular flexibility index (Phi) is 7.95. The van der Waals surface area contributed by atoms with Crippen LogP contribution < -0.4 is 5.32 Å². The molecule has 37 heavy (non-hydrogen) atoms. The summed E-state index contributed by atoms with van der Waals surface area (Å²) in [5, 5.41) is 12.1. The minimum atomic E-state index is -4.49. The Morgan fingerprint density at radius 1 is 1.03 bits per heavy atom. The fraction of sp³-hybridized carbons (Fsp3) is 0.345. The van der Waals surface area contributed by atoms with E-state index in [0.29, 0.717) is 17.7 Å². The predicted molar refractivity (Wildman–Crippen MR) is 135 cm³/mol. The van der Waals surface area contributed by atoms with Gasteiger partial charge in [-0.25, -0.2) is 0 Å². The van der Waals surface area contributed by atoms with Crippen molar-refractivity contribution in [2.45, 2.75) is 57.5 Å². The van der Waals surface area contributed by atoms with Gasteiger partial charge in [-0.2, -0.15) is 13.2 Å². The molecule has 2 N–H and O–H groups in total. The molecule has 1 aromatic heterocycles. The maximum atomic E-state index is 13.6. The maximum absolute atomic E-state index is 13.6. The predicted octanol–water partition coefficient (Wildman–Crippen LogP) is 7.01. The highest BCUT2D eigenvalue weighted by Gasteiger charge is 2.33. The molecule has 1 fully saturated rings. The lowest BCUT2D eigenvalue weighted by Crippen LogP contribution is -2.27. The van der Waals surface area contributed by atoms with Gasteiger partial charge in [-0.1, -0.05) is 55.3 Å². The lowest BCUT2D eigenvalue weighted by Gasteiger charge is -2.24. The molecule has 0 aliphatic heterocycles. The molecule has 4 rings (SSSR count). The van der Waals surface area contributed by atoms with E-state index in [1.165, 1.54) is 12.3 Å². The number of aryl methyl sites for hydroxylation is 1. The quantitative estimate of drug-likeness (QED) is 0.342. The van der Waals surface area contributed by atoms with Crippen LogP contribution in [0.15, 0.2) is 60.8 Å². The van der Waals surface area contributed by atoms with Crippen molar-refractivity contribution in [2.24, 2.45) is 5.92 Å². The molecule has 1 aliphatic carbocycles. The normalized spacial score (nSPS) is 14.9. The molecule has 8 heteroatoms. The van der Waals surface area contributed by atoms with E-state index < -0.39 is 17.8 Å². The topological polar surface area (TPSA) is 79.3 Å². The lowest BCUT2D eigenvalue weighted by molar-refractivity contribution is -0.141. The summed E-state index contributed by atoms with van der Waals surface area (Å²) in [5.41, 5.74) is 3.61. The smallest absolute Gasteiger partial charge is 0.433 e. The summed E-state index contributed by atoms with van der Waals surface area (Å²) in [7, 11) is 0. The van der Waals surface area contributed by atoms with Crippen molar-refractivity contribution in [3.8, 4) is 11.1 Å². The molecule has 0 radical (unpaired) electrons. The zero-order chi connectivity index (χ0) is 26.6. The second-order valence-corrected chi connectivity index (χ2v) is 9.55. The summed E-state index contributed by atoms with van der Waals surface area (Å²) in [4.78, 5) is 28.1. The first-order chi connectivity index (χ1) is 17.6. The number of carbonyl (C=O) groups excluding carboxylic acids is 1. The van der Waals surface area contributed by atoms with E-state index in [2.05, 4.69) is 10.3 Å². The van der Waals surface area contributed by atoms with Crippen LogP contribution in [0, 0.1) is 12.8 Å². The van der Waals surface area contributed by atoms with Gasteiger partial charge in [0.05, 0.1) is 5.92 Å². The first-order valence-corrected chi connectivity index (χ1v) is 12.4. The molecule has 0 unspecified atom stereocenters. The number of aromatic nitrogens is 1. The fourth-order valence-electron chi connectivity index (χ4n) is 5.09. The Hall–Kier alpha value is -3.68. The Morgan fingerprint density at radius 3 is 2.30 bits per heavy atom. The number of pyridine rings is 1. The van der Waals surface area contributed by atoms with E-state index in [1.807, 2.05) is 49.4 Å². The van der Waals surface area contributed by atoms with Crippen molar-refractivity contribution >= 4 is 17.6 Å². The van der Waals surface area contributed by atoms with Crippen molar-refractivity contribution in [3.63, 3.8) is 0 Å². The third-order valence-corrected chi connectivity index (χ3v) is 7.12. The van der Waals surface area contributed by atoms with Gasteiger partial charge in [0.1, 0.15) is 5.69 Å². The standard InChI is InChI=1S/C29H29F3N2O3/c1-18-19(14-16-26(35)36)7-4-8-24(18)34-28(37)27(21-5-2-3-6-21)22-11-9-20(10-12-22)23-13-15-25(33-17-23)29(30,31)32/h4,7-13,15,17,21,27H,2-3,5-6,14,16H2,1H3,(H,34,37)(H,35,36)/t27-/m1/s1. The molecule has 1 atom stereocenters. The van der Waals surface area contributed by atoms with Crippen LogP contribution in [0.4, 0.5) is 18.9 Å². The number of nitrogens with one attached hydrogen (secondary N) is 1. The molecule has 194 valence electrons. The van der Waals surface area contributed by atoms with Crippen LogP contribution in [0.1, 0.15) is 60.4 Å². The zero-order valence-corrected chi connectivity index (χ0v) is 20.5. The average Bonchev–Trinajstić information content (AvgIpc) is 3.39. The number of nitrogens with zero attached hydrogens (tertiary/aromatic N) is 1. The molecule has 1 amide bonds. The Morgan fingerprint density at radius 2 is 1.70 bits per heavy atom. The Balaban J connectivity index is 1.56. The molecule has 1 heterocycles. The van der Waals surface area contributed by atoms with Crippen LogP contribution in [0.25, 0.3) is 11.1 Å². The van der Waals surface area contributed by atoms with Gasteiger partial charge in [-0.05, 0) is 66.5 Å². The minimum Gasteiger partial charge on any atom is -0.481 e. The molecule has 0 spiro atoms. The number of carbonyl (C=O) groups is 2. The van der Waals surface area contributed by atoms with E-state index >= 15 is 0 Å². The van der Waals surface area contributed by atoms with Crippen molar-refractivity contribution < 1.29 is 27.9 Å². The molecule has 1 saturated carbocycles. The van der Waals surface area contributed by atoms with Gasteiger partial charge in [-0.15, -0.1) is 0 Å². The molecular formula is C29H29F3N2O3. The summed E-state index contributed by atoms with van der Waals surface area (Å²) in [5.74, 6) is -1.17. The van der Waals surface area contributed by atoms with Crippen molar-refractivity contribution in [1.82, 2.24) is 4.98 Å². The number of anilines is 1. The molecule has 3 aromatic rings. The van der Waals surface area contributed by atoms with Crippen LogP contribution in [-0.4, -0.2) is 22.0 Å². The molecular weight excluding hydrogens is 481 g/mol. The van der Waals surface area contributed by atoms with Crippen LogP contribution in [0.5, 0.6) is 0 Å². The van der Waals surface area contributed by atoms with Gasteiger partial charge in [0.15, 0.2) is 0 Å². The highest BCUT2D eigenvalue weighted by atomic mass is 19.4. The highest BCUT2D eigenvalue weighted by Crippen LogP contribution is 2.39. The molecule has 5 nitrogen and oxygen atoms in total. The summed E-state index contributed by atoms with van der Waals surface area (Å²) in [6, 6.07) is 15.2. The van der Waals surface area contributed by atoms with E-state index in [-0.39, 0.29) is 24.2 Å². The minimum absolute atomic E-state index is 0.0176. The molecule has 2 aromatic carbocycles. The van der Waals surface area contributed by atoms with Crippen LogP contribution >= 0.6 is 0 Å². The number of halogens is 3. The zero-order valence-electron chi connectivity index (χ0n) is 20.5. The number of aliphatic carboxylic acids is 1. The van der Waals surface area contributed by atoms with Crippen molar-refractivity contribution in [2.75, 3.05) is 5.32 Å².